The molecule has 0 aliphatic carbocycles. The number of nitrogen functional groups attached to an aromatic ring is 1. The maximum atomic E-state index is 11.7. The quantitative estimate of drug-likeness (QED) is 0.447. The van der Waals surface area contributed by atoms with Gasteiger partial charge in [0.05, 0.1) is 5.56 Å². The van der Waals surface area contributed by atoms with E-state index in [0.717, 1.165) is 11.3 Å². The molecule has 0 radical (unpaired) electrons. The summed E-state index contributed by atoms with van der Waals surface area (Å²) in [6, 6.07) is 5.93. The number of amides is 1. The van der Waals surface area contributed by atoms with Crippen molar-refractivity contribution in [1.82, 2.24) is 15.6 Å². The number of H-pyrrole nitrogens is 1. The summed E-state index contributed by atoms with van der Waals surface area (Å²) in [5, 5.41) is 6.85. The minimum Gasteiger partial charge on any atom is -0.487 e. The average molecular weight is 274 g/mol. The van der Waals surface area contributed by atoms with E-state index in [9.17, 15) is 4.79 Å². The Labute approximate surface area is 117 Å². The van der Waals surface area contributed by atoms with Crippen LogP contribution in [0.3, 0.4) is 0 Å². The van der Waals surface area contributed by atoms with Crippen molar-refractivity contribution in [3.8, 4) is 5.75 Å². The van der Waals surface area contributed by atoms with Gasteiger partial charge in [0.25, 0.3) is 5.91 Å². The molecule has 1 heterocycles. The first-order valence-electron chi connectivity index (χ1n) is 6.27. The van der Waals surface area contributed by atoms with Gasteiger partial charge in [-0.05, 0) is 32.4 Å². The Morgan fingerprint density at radius 2 is 2.15 bits per heavy atom. The molecule has 0 aliphatic rings. The monoisotopic (exact) mass is 274 g/mol. The normalized spacial score (nSPS) is 10.4. The molecule has 4 N–H and O–H groups in total. The summed E-state index contributed by atoms with van der Waals surface area (Å²) in [6.07, 6.45) is 0. The molecule has 20 heavy (non-hydrogen) atoms. The Bertz CT molecular complexity index is 634. The second kappa shape index (κ2) is 5.75. The van der Waals surface area contributed by atoms with Crippen LogP contribution in [0.2, 0.25) is 0 Å². The molecule has 0 saturated carbocycles. The first-order valence-corrected chi connectivity index (χ1v) is 6.27. The predicted octanol–water partition coefficient (Wildman–Crippen LogP) is 1.52. The summed E-state index contributed by atoms with van der Waals surface area (Å²) in [4.78, 5) is 11.7. The summed E-state index contributed by atoms with van der Waals surface area (Å²) in [7, 11) is 0. The number of rotatable bonds is 4. The van der Waals surface area contributed by atoms with Gasteiger partial charge in [-0.2, -0.15) is 5.10 Å². The number of benzene rings is 1. The van der Waals surface area contributed by atoms with Crippen LogP contribution in [-0.4, -0.2) is 16.1 Å². The van der Waals surface area contributed by atoms with Crippen LogP contribution in [-0.2, 0) is 6.61 Å². The van der Waals surface area contributed by atoms with E-state index in [1.54, 1.807) is 6.92 Å². The molecular weight excluding hydrogens is 256 g/mol. The highest BCUT2D eigenvalue weighted by molar-refractivity contribution is 5.95. The highest BCUT2D eigenvalue weighted by atomic mass is 16.5. The van der Waals surface area contributed by atoms with Gasteiger partial charge in [0.15, 0.2) is 0 Å². The van der Waals surface area contributed by atoms with Crippen molar-refractivity contribution in [3.63, 3.8) is 0 Å². The van der Waals surface area contributed by atoms with Crippen molar-refractivity contribution in [2.75, 3.05) is 0 Å². The fourth-order valence-corrected chi connectivity index (χ4v) is 2.06. The van der Waals surface area contributed by atoms with Crippen LogP contribution in [0.4, 0.5) is 0 Å². The number of aromatic nitrogens is 2. The first kappa shape index (κ1) is 14.1. The van der Waals surface area contributed by atoms with Gasteiger partial charge in [-0.25, -0.2) is 5.84 Å². The molecule has 2 aromatic rings. The Morgan fingerprint density at radius 3 is 2.80 bits per heavy atom. The number of hydrogen-bond donors (Lipinski definition) is 3. The average Bonchev–Trinajstić information content (AvgIpc) is 2.78. The lowest BCUT2D eigenvalue weighted by Crippen LogP contribution is -2.31. The molecule has 2 rings (SSSR count). The number of carbonyl (C=O) groups is 1. The largest absolute Gasteiger partial charge is 0.487 e. The summed E-state index contributed by atoms with van der Waals surface area (Å²) < 4.78 is 5.72. The molecule has 0 spiro atoms. The van der Waals surface area contributed by atoms with Crippen molar-refractivity contribution in [1.29, 1.82) is 0 Å². The van der Waals surface area contributed by atoms with E-state index in [1.165, 1.54) is 5.56 Å². The number of aryl methyl sites for hydroxylation is 3. The SMILES string of the molecule is Cc1ccc(OCc2n[nH]c(C)c2C(=O)NN)c(C)c1. The molecule has 106 valence electrons. The third-order valence-electron chi connectivity index (χ3n) is 3.08. The molecule has 0 bridgehead atoms. The Balaban J connectivity index is 2.17. The number of nitrogens with one attached hydrogen (secondary N) is 2. The molecule has 1 aromatic heterocycles. The van der Waals surface area contributed by atoms with Gasteiger partial charge in [-0.1, -0.05) is 17.7 Å². The third kappa shape index (κ3) is 2.80. The summed E-state index contributed by atoms with van der Waals surface area (Å²) in [5.74, 6) is 5.56. The van der Waals surface area contributed by atoms with Crippen LogP contribution in [0.1, 0.15) is 32.9 Å². The van der Waals surface area contributed by atoms with Crippen molar-refractivity contribution in [3.05, 3.63) is 46.3 Å². The zero-order chi connectivity index (χ0) is 14.7. The minimum atomic E-state index is -0.379. The van der Waals surface area contributed by atoms with Gasteiger partial charge in [0, 0.05) is 5.69 Å². The predicted molar refractivity (Wildman–Crippen MR) is 75.2 cm³/mol. The maximum absolute atomic E-state index is 11.7. The first-order chi connectivity index (χ1) is 9.52. The van der Waals surface area contributed by atoms with Gasteiger partial charge in [-0.3, -0.25) is 15.3 Å². The third-order valence-corrected chi connectivity index (χ3v) is 3.08. The number of carbonyl (C=O) groups excluding carboxylic acids is 1. The molecule has 0 fully saturated rings. The molecule has 0 atom stereocenters. The Kier molecular flexibility index (Phi) is 4.05. The fourth-order valence-electron chi connectivity index (χ4n) is 2.06. The van der Waals surface area contributed by atoms with Crippen molar-refractivity contribution < 1.29 is 9.53 Å². The van der Waals surface area contributed by atoms with E-state index >= 15 is 0 Å². The van der Waals surface area contributed by atoms with Gasteiger partial charge in [0.2, 0.25) is 0 Å². The van der Waals surface area contributed by atoms with E-state index in [2.05, 4.69) is 15.6 Å². The highest BCUT2D eigenvalue weighted by Gasteiger charge is 2.17. The molecule has 1 aromatic carbocycles. The smallest absolute Gasteiger partial charge is 0.269 e. The van der Waals surface area contributed by atoms with E-state index in [-0.39, 0.29) is 12.5 Å². The second-order valence-electron chi connectivity index (χ2n) is 4.70. The number of ether oxygens (including phenoxy) is 1. The maximum Gasteiger partial charge on any atom is 0.269 e. The minimum absolute atomic E-state index is 0.205. The summed E-state index contributed by atoms with van der Waals surface area (Å²) in [5.41, 5.74) is 5.95. The van der Waals surface area contributed by atoms with E-state index < -0.39 is 0 Å². The molecule has 6 heteroatoms. The molecule has 0 aliphatic heterocycles. The van der Waals surface area contributed by atoms with Crippen LogP contribution in [0, 0.1) is 20.8 Å². The molecule has 0 saturated heterocycles. The number of hydrazine groups is 1. The van der Waals surface area contributed by atoms with E-state index in [0.29, 0.717) is 17.0 Å². The van der Waals surface area contributed by atoms with Crippen LogP contribution in [0.15, 0.2) is 18.2 Å². The number of nitrogens with zero attached hydrogens (tertiary/aromatic N) is 1. The summed E-state index contributed by atoms with van der Waals surface area (Å²) >= 11 is 0. The van der Waals surface area contributed by atoms with E-state index in [4.69, 9.17) is 10.6 Å². The second-order valence-corrected chi connectivity index (χ2v) is 4.70. The highest BCUT2D eigenvalue weighted by Crippen LogP contribution is 2.21. The van der Waals surface area contributed by atoms with Crippen molar-refractivity contribution in [2.24, 2.45) is 5.84 Å². The van der Waals surface area contributed by atoms with Crippen molar-refractivity contribution in [2.45, 2.75) is 27.4 Å². The molecule has 0 unspecified atom stereocenters. The lowest BCUT2D eigenvalue weighted by Gasteiger charge is -2.09. The van der Waals surface area contributed by atoms with E-state index in [1.807, 2.05) is 32.0 Å². The van der Waals surface area contributed by atoms with Crippen LogP contribution in [0.5, 0.6) is 5.75 Å². The lowest BCUT2D eigenvalue weighted by molar-refractivity contribution is 0.0950. The zero-order valence-electron chi connectivity index (χ0n) is 11.8. The fraction of sp³-hybridized carbons (Fsp3) is 0.286. The summed E-state index contributed by atoms with van der Waals surface area (Å²) in [6.45, 7) is 5.97. The van der Waals surface area contributed by atoms with Gasteiger partial charge >= 0.3 is 0 Å². The number of aromatic amines is 1. The van der Waals surface area contributed by atoms with Crippen LogP contribution < -0.4 is 16.0 Å². The molecular formula is C14H18N4O2. The number of nitrogens with two attached hydrogens (primary N) is 1. The Morgan fingerprint density at radius 1 is 1.40 bits per heavy atom. The lowest BCUT2D eigenvalue weighted by atomic mass is 10.1. The van der Waals surface area contributed by atoms with Crippen LogP contribution in [0.25, 0.3) is 0 Å². The van der Waals surface area contributed by atoms with Crippen LogP contribution >= 0.6 is 0 Å². The zero-order valence-corrected chi connectivity index (χ0v) is 11.8. The topological polar surface area (TPSA) is 93.0 Å². The van der Waals surface area contributed by atoms with Gasteiger partial charge in [0.1, 0.15) is 18.1 Å². The van der Waals surface area contributed by atoms with Crippen molar-refractivity contribution >= 4 is 5.91 Å². The van der Waals surface area contributed by atoms with Gasteiger partial charge in [-0.15, -0.1) is 0 Å². The van der Waals surface area contributed by atoms with Gasteiger partial charge < -0.3 is 4.74 Å². The number of hydrogen-bond acceptors (Lipinski definition) is 4. The molecule has 6 nitrogen and oxygen atoms in total. The Hall–Kier alpha value is -2.34. The molecule has 1 amide bonds. The standard InChI is InChI=1S/C14H18N4O2/c1-8-4-5-12(9(2)6-8)20-7-11-13(14(19)16-15)10(3)17-18-11/h4-6H,7,15H2,1-3H3,(H,16,19)(H,17,18).